The molecule has 2 aromatic heterocycles. The molecule has 0 aliphatic rings. The number of para-hydroxylation sites is 1. The van der Waals surface area contributed by atoms with Crippen LogP contribution in [0.4, 0.5) is 5.00 Å². The molecule has 0 bridgehead atoms. The Morgan fingerprint density at radius 3 is 2.57 bits per heavy atom. The van der Waals surface area contributed by atoms with Gasteiger partial charge >= 0.3 is 5.97 Å². The summed E-state index contributed by atoms with van der Waals surface area (Å²) >= 11 is 1.12. The van der Waals surface area contributed by atoms with Crippen LogP contribution >= 0.6 is 11.3 Å². The van der Waals surface area contributed by atoms with Crippen molar-refractivity contribution in [2.24, 2.45) is 0 Å². The number of aromatic nitrogens is 2. The number of methoxy groups -OCH3 is 1. The van der Waals surface area contributed by atoms with Crippen molar-refractivity contribution in [3.8, 4) is 17.2 Å². The molecule has 2 heterocycles. The van der Waals surface area contributed by atoms with Gasteiger partial charge in [-0.05, 0) is 38.1 Å². The van der Waals surface area contributed by atoms with Crippen LogP contribution in [0.15, 0.2) is 64.8 Å². The van der Waals surface area contributed by atoms with Crippen molar-refractivity contribution in [3.05, 3.63) is 76.0 Å². The highest BCUT2D eigenvalue weighted by Crippen LogP contribution is 2.31. The number of thiophene rings is 1. The van der Waals surface area contributed by atoms with Gasteiger partial charge in [0.05, 0.1) is 24.8 Å². The van der Waals surface area contributed by atoms with Crippen molar-refractivity contribution in [1.82, 2.24) is 9.78 Å². The summed E-state index contributed by atoms with van der Waals surface area (Å²) in [5.41, 5.74) is -0.143. The zero-order valence-corrected chi connectivity index (χ0v) is 20.1. The van der Waals surface area contributed by atoms with Crippen molar-refractivity contribution in [2.75, 3.05) is 19.0 Å². The molecule has 0 saturated carbocycles. The first-order valence-corrected chi connectivity index (χ1v) is 11.7. The summed E-state index contributed by atoms with van der Waals surface area (Å²) in [6, 6.07) is 15.7. The van der Waals surface area contributed by atoms with E-state index in [0.717, 1.165) is 16.0 Å². The second kappa shape index (κ2) is 10.4. The van der Waals surface area contributed by atoms with E-state index in [1.165, 1.54) is 7.11 Å². The lowest BCUT2D eigenvalue weighted by molar-refractivity contribution is -0.122. The molecule has 1 atom stereocenters. The Balaban J connectivity index is 1.77. The molecule has 1 unspecified atom stereocenters. The topological polar surface area (TPSA) is 109 Å². The molecule has 1 N–H and O–H groups in total. The second-order valence-corrected chi connectivity index (χ2v) is 8.28. The lowest BCUT2D eigenvalue weighted by atomic mass is 10.2. The van der Waals surface area contributed by atoms with Crippen LogP contribution in [0.25, 0.3) is 16.5 Å². The Hall–Kier alpha value is -4.18. The number of rotatable bonds is 8. The average Bonchev–Trinajstić information content (AvgIpc) is 3.29. The number of anilines is 1. The van der Waals surface area contributed by atoms with Gasteiger partial charge in [-0.25, -0.2) is 4.79 Å². The third kappa shape index (κ3) is 5.02. The average molecular weight is 494 g/mol. The van der Waals surface area contributed by atoms with E-state index in [-0.39, 0.29) is 22.7 Å². The molecule has 180 valence electrons. The molecule has 4 aromatic rings. The highest BCUT2D eigenvalue weighted by atomic mass is 32.1. The van der Waals surface area contributed by atoms with Gasteiger partial charge in [-0.2, -0.15) is 9.78 Å². The highest BCUT2D eigenvalue weighted by molar-refractivity contribution is 7.16. The van der Waals surface area contributed by atoms with E-state index in [1.807, 2.05) is 6.07 Å². The van der Waals surface area contributed by atoms with E-state index in [2.05, 4.69) is 10.4 Å². The third-order valence-electron chi connectivity index (χ3n) is 5.08. The van der Waals surface area contributed by atoms with E-state index < -0.39 is 23.5 Å². The molecule has 2 aromatic carbocycles. The Bertz CT molecular complexity index is 1430. The van der Waals surface area contributed by atoms with Crippen molar-refractivity contribution in [1.29, 1.82) is 0 Å². The first-order valence-electron chi connectivity index (χ1n) is 10.8. The minimum atomic E-state index is -0.832. The number of ether oxygens (including phenoxy) is 3. The monoisotopic (exact) mass is 493 g/mol. The Morgan fingerprint density at radius 1 is 1.11 bits per heavy atom. The molecule has 0 radical (unpaired) electrons. The van der Waals surface area contributed by atoms with Crippen LogP contribution in [-0.4, -0.2) is 41.5 Å². The minimum absolute atomic E-state index is 0.0328. The Morgan fingerprint density at radius 2 is 1.86 bits per heavy atom. The van der Waals surface area contributed by atoms with E-state index in [9.17, 15) is 14.4 Å². The predicted molar refractivity (Wildman–Crippen MR) is 133 cm³/mol. The fraction of sp³-hybridized carbons (Fsp3) is 0.200. The Labute approximate surface area is 204 Å². The van der Waals surface area contributed by atoms with Gasteiger partial charge in [-0.1, -0.05) is 24.3 Å². The predicted octanol–water partition coefficient (Wildman–Crippen LogP) is 4.04. The molecule has 4 rings (SSSR count). The van der Waals surface area contributed by atoms with E-state index in [1.54, 1.807) is 67.8 Å². The first-order chi connectivity index (χ1) is 16.9. The molecular weight excluding hydrogens is 470 g/mol. The highest BCUT2D eigenvalue weighted by Gasteiger charge is 2.24. The molecule has 35 heavy (non-hydrogen) atoms. The van der Waals surface area contributed by atoms with Crippen LogP contribution in [0.3, 0.4) is 0 Å². The van der Waals surface area contributed by atoms with Crippen molar-refractivity contribution < 1.29 is 23.8 Å². The zero-order chi connectivity index (χ0) is 24.9. The number of benzene rings is 2. The maximum Gasteiger partial charge on any atom is 0.359 e. The molecule has 0 saturated heterocycles. The lowest BCUT2D eigenvalue weighted by Gasteiger charge is -2.14. The number of carbonyl (C=O) groups excluding carboxylic acids is 2. The molecule has 0 spiro atoms. The summed E-state index contributed by atoms with van der Waals surface area (Å²) in [7, 11) is 1.51. The summed E-state index contributed by atoms with van der Waals surface area (Å²) < 4.78 is 17.2. The van der Waals surface area contributed by atoms with E-state index >= 15 is 0 Å². The number of esters is 1. The van der Waals surface area contributed by atoms with Crippen LogP contribution in [0.2, 0.25) is 0 Å². The van der Waals surface area contributed by atoms with Gasteiger partial charge in [0.25, 0.3) is 11.5 Å². The number of hydrogen-bond donors (Lipinski definition) is 1. The molecule has 10 heteroatoms. The van der Waals surface area contributed by atoms with Gasteiger partial charge < -0.3 is 19.5 Å². The summed E-state index contributed by atoms with van der Waals surface area (Å²) in [5, 5.41) is 9.38. The zero-order valence-electron chi connectivity index (χ0n) is 19.3. The fourth-order valence-corrected chi connectivity index (χ4v) is 4.32. The van der Waals surface area contributed by atoms with Gasteiger partial charge in [-0.3, -0.25) is 9.59 Å². The van der Waals surface area contributed by atoms with Crippen LogP contribution in [-0.2, 0) is 9.53 Å². The van der Waals surface area contributed by atoms with E-state index in [4.69, 9.17) is 14.2 Å². The molecule has 1 amide bonds. The van der Waals surface area contributed by atoms with Crippen molar-refractivity contribution in [2.45, 2.75) is 20.0 Å². The fourth-order valence-electron chi connectivity index (χ4n) is 3.38. The van der Waals surface area contributed by atoms with Crippen LogP contribution in [0, 0.1) is 0 Å². The quantitative estimate of drug-likeness (QED) is 0.369. The number of nitrogens with one attached hydrogen (secondary N) is 1. The lowest BCUT2D eigenvalue weighted by Crippen LogP contribution is -2.31. The molecular formula is C25H23N3O6S. The maximum absolute atomic E-state index is 13.5. The van der Waals surface area contributed by atoms with Gasteiger partial charge in [-0.15, -0.1) is 11.3 Å². The third-order valence-corrected chi connectivity index (χ3v) is 5.98. The van der Waals surface area contributed by atoms with Gasteiger partial charge in [0.1, 0.15) is 16.5 Å². The van der Waals surface area contributed by atoms with Gasteiger partial charge in [0.2, 0.25) is 0 Å². The first kappa shape index (κ1) is 24.0. The van der Waals surface area contributed by atoms with Crippen molar-refractivity contribution in [3.63, 3.8) is 0 Å². The Kier molecular flexibility index (Phi) is 7.11. The number of fused-ring (bicyclic) bond motifs is 1. The summed E-state index contributed by atoms with van der Waals surface area (Å²) in [5.74, 6) is -0.0647. The number of hydrogen-bond acceptors (Lipinski definition) is 8. The summed E-state index contributed by atoms with van der Waals surface area (Å²) in [6.45, 7) is 3.43. The van der Waals surface area contributed by atoms with E-state index in [0.29, 0.717) is 22.6 Å². The summed E-state index contributed by atoms with van der Waals surface area (Å²) in [6.07, 6.45) is -0.832. The number of carbonyl (C=O) groups is 2. The molecule has 0 fully saturated rings. The molecule has 0 aliphatic carbocycles. The van der Waals surface area contributed by atoms with Crippen LogP contribution in [0.1, 0.15) is 24.3 Å². The number of amides is 1. The van der Waals surface area contributed by atoms with Crippen molar-refractivity contribution >= 4 is 39.0 Å². The SMILES string of the molecule is CCOC(=O)c1nn(-c2cccc(OC)c2)c(=O)c2c(NC(=O)C(C)Oc3ccccc3)scc12. The van der Waals surface area contributed by atoms with Gasteiger partial charge in [0.15, 0.2) is 11.8 Å². The van der Waals surface area contributed by atoms with Crippen LogP contribution < -0.4 is 20.3 Å². The standard InChI is InChI=1S/C25H23N3O6S/c1-4-33-25(31)21-19-14-35-23(26-22(29)15(2)34-17-10-6-5-7-11-17)20(19)24(30)28(27-21)16-9-8-12-18(13-16)32-3/h5-15H,4H2,1-3H3,(H,26,29). The summed E-state index contributed by atoms with van der Waals surface area (Å²) in [4.78, 5) is 39.1. The smallest absolute Gasteiger partial charge is 0.359 e. The maximum atomic E-state index is 13.5. The van der Waals surface area contributed by atoms with Gasteiger partial charge in [0, 0.05) is 16.8 Å². The number of nitrogens with zero attached hydrogens (tertiary/aromatic N) is 2. The minimum Gasteiger partial charge on any atom is -0.497 e. The largest absolute Gasteiger partial charge is 0.497 e. The molecule has 0 aliphatic heterocycles. The van der Waals surface area contributed by atoms with Crippen LogP contribution in [0.5, 0.6) is 11.5 Å². The second-order valence-electron chi connectivity index (χ2n) is 7.40. The molecule has 9 nitrogen and oxygen atoms in total. The normalized spacial score (nSPS) is 11.6.